The lowest BCUT2D eigenvalue weighted by Gasteiger charge is -2.33. The Balaban J connectivity index is 1.57. The molecular weight excluding hydrogens is 454 g/mol. The highest BCUT2D eigenvalue weighted by Gasteiger charge is 2.53. The molecule has 2 saturated heterocycles. The predicted molar refractivity (Wildman–Crippen MR) is 138 cm³/mol. The first-order chi connectivity index (χ1) is 17.7. The Labute approximate surface area is 211 Å². The number of methoxy groups -OCH3 is 2. The van der Waals surface area contributed by atoms with Crippen molar-refractivity contribution in [3.63, 3.8) is 0 Å². The highest BCUT2D eigenvalue weighted by molar-refractivity contribution is 5.96. The predicted octanol–water partition coefficient (Wildman–Crippen LogP) is 4.76. The molecule has 0 spiro atoms. The van der Waals surface area contributed by atoms with Crippen LogP contribution in [0.3, 0.4) is 0 Å². The number of fused-ring (bicyclic) bond motifs is 1. The molecule has 0 amide bonds. The molecule has 0 radical (unpaired) electrons. The van der Waals surface area contributed by atoms with Crippen molar-refractivity contribution < 1.29 is 19.0 Å². The first-order valence-corrected chi connectivity index (χ1v) is 12.7. The summed E-state index contributed by atoms with van der Waals surface area (Å²) in [5, 5.41) is 0. The number of nitrogens with zero attached hydrogens (tertiary/aromatic N) is 3. The van der Waals surface area contributed by atoms with Crippen LogP contribution in [0.15, 0.2) is 54.7 Å². The molecule has 1 aromatic heterocycles. The summed E-state index contributed by atoms with van der Waals surface area (Å²) >= 11 is 0. The van der Waals surface area contributed by atoms with Gasteiger partial charge >= 0.3 is 5.97 Å². The van der Waals surface area contributed by atoms with Crippen LogP contribution in [0.4, 0.5) is 11.4 Å². The topological polar surface area (TPSA) is 64.1 Å². The number of carbonyl (C=O) groups is 1. The van der Waals surface area contributed by atoms with Gasteiger partial charge in [-0.25, -0.2) is 4.79 Å². The number of ether oxygens (including phenoxy) is 3. The quantitative estimate of drug-likeness (QED) is 0.467. The number of carbonyl (C=O) groups excluding carboxylic acids is 1. The molecular formula is C29H31N3O4. The molecule has 3 aliphatic rings. The molecule has 7 heteroatoms. The molecule has 4 heterocycles. The molecule has 2 aromatic carbocycles. The summed E-state index contributed by atoms with van der Waals surface area (Å²) in [6.45, 7) is 4.11. The van der Waals surface area contributed by atoms with Crippen LogP contribution in [0, 0.1) is 0 Å². The Morgan fingerprint density at radius 2 is 1.33 bits per heavy atom. The second-order valence-corrected chi connectivity index (χ2v) is 9.63. The average Bonchev–Trinajstić information content (AvgIpc) is 3.70. The Hall–Kier alpha value is -3.74. The number of hydrogen-bond donors (Lipinski definition) is 0. The molecule has 0 saturated carbocycles. The molecule has 0 unspecified atom stereocenters. The summed E-state index contributed by atoms with van der Waals surface area (Å²) in [5.74, 6) is 0.891. The van der Waals surface area contributed by atoms with Crippen LogP contribution in [0.5, 0.6) is 11.5 Å². The number of pyridine rings is 1. The van der Waals surface area contributed by atoms with Crippen LogP contribution in [-0.4, -0.2) is 51.4 Å². The number of cyclic esters (lactones) is 1. The van der Waals surface area contributed by atoms with Gasteiger partial charge in [-0.15, -0.1) is 0 Å². The SMILES string of the molecule is COc1cc(N2CCCC2)ccc1C1(c2ccc(N3CCCC3)cc2OC)OC(=O)c2cccnc21. The monoisotopic (exact) mass is 485 g/mol. The van der Waals surface area contributed by atoms with Crippen molar-refractivity contribution in [2.75, 3.05) is 50.2 Å². The zero-order chi connectivity index (χ0) is 24.7. The second-order valence-electron chi connectivity index (χ2n) is 9.63. The van der Waals surface area contributed by atoms with Crippen LogP contribution in [0.1, 0.15) is 52.9 Å². The van der Waals surface area contributed by atoms with Crippen molar-refractivity contribution in [2.45, 2.75) is 31.3 Å². The lowest BCUT2D eigenvalue weighted by molar-refractivity contribution is 0.0230. The third kappa shape index (κ3) is 3.48. The van der Waals surface area contributed by atoms with Crippen molar-refractivity contribution in [3.05, 3.63) is 77.1 Å². The minimum absolute atomic E-state index is 0.408. The van der Waals surface area contributed by atoms with Crippen molar-refractivity contribution in [1.82, 2.24) is 4.98 Å². The normalized spacial score (nSPS) is 18.3. The minimum atomic E-state index is -1.29. The molecule has 7 nitrogen and oxygen atoms in total. The van der Waals surface area contributed by atoms with Gasteiger partial charge in [0, 0.05) is 67.0 Å². The molecule has 6 rings (SSSR count). The Morgan fingerprint density at radius 1 is 0.806 bits per heavy atom. The van der Waals surface area contributed by atoms with Crippen molar-refractivity contribution >= 4 is 17.3 Å². The van der Waals surface area contributed by atoms with Crippen molar-refractivity contribution in [2.24, 2.45) is 0 Å². The number of anilines is 2. The third-order valence-corrected chi connectivity index (χ3v) is 7.68. The Kier molecular flexibility index (Phi) is 5.70. The van der Waals surface area contributed by atoms with E-state index in [0.717, 1.165) is 48.7 Å². The standard InChI is InChI=1S/C29H31N3O4/c1-34-25-18-20(31-14-3-4-15-31)9-11-23(25)29(27-22(28(33)36-29)8-7-13-30-27)24-12-10-21(19-26(24)35-2)32-16-5-6-17-32/h7-13,18-19H,3-6,14-17H2,1-2H3. The van der Waals surface area contributed by atoms with Gasteiger partial charge in [-0.1, -0.05) is 0 Å². The van der Waals surface area contributed by atoms with Gasteiger partial charge in [0.25, 0.3) is 0 Å². The summed E-state index contributed by atoms with van der Waals surface area (Å²) in [4.78, 5) is 22.6. The van der Waals surface area contributed by atoms with Gasteiger partial charge in [0.15, 0.2) is 0 Å². The summed E-state index contributed by atoms with van der Waals surface area (Å²) in [7, 11) is 3.31. The molecule has 0 atom stereocenters. The average molecular weight is 486 g/mol. The molecule has 2 fully saturated rings. The van der Waals surface area contributed by atoms with E-state index in [1.807, 2.05) is 24.3 Å². The van der Waals surface area contributed by atoms with Gasteiger partial charge < -0.3 is 24.0 Å². The molecule has 186 valence electrons. The number of aromatic nitrogens is 1. The van der Waals surface area contributed by atoms with Gasteiger partial charge in [0.2, 0.25) is 5.60 Å². The number of rotatable bonds is 6. The summed E-state index contributed by atoms with van der Waals surface area (Å²) in [6, 6.07) is 15.8. The van der Waals surface area contributed by atoms with E-state index in [0.29, 0.717) is 22.8 Å². The highest BCUT2D eigenvalue weighted by Crippen LogP contribution is 2.52. The largest absolute Gasteiger partial charge is 0.496 e. The van der Waals surface area contributed by atoms with Gasteiger partial charge in [-0.3, -0.25) is 4.98 Å². The van der Waals surface area contributed by atoms with Crippen LogP contribution in [-0.2, 0) is 10.3 Å². The molecule has 0 bridgehead atoms. The number of esters is 1. The van der Waals surface area contributed by atoms with E-state index in [1.54, 1.807) is 32.5 Å². The Morgan fingerprint density at radius 3 is 1.83 bits per heavy atom. The fourth-order valence-electron chi connectivity index (χ4n) is 5.89. The van der Waals surface area contributed by atoms with Gasteiger partial charge in [0.05, 0.1) is 19.8 Å². The smallest absolute Gasteiger partial charge is 0.341 e. The van der Waals surface area contributed by atoms with Gasteiger partial charge in [-0.05, 0) is 62.1 Å². The first kappa shape index (κ1) is 22.7. The van der Waals surface area contributed by atoms with E-state index in [-0.39, 0.29) is 0 Å². The number of hydrogen-bond acceptors (Lipinski definition) is 7. The molecule has 3 aliphatic heterocycles. The first-order valence-electron chi connectivity index (χ1n) is 12.7. The maximum absolute atomic E-state index is 13.2. The highest BCUT2D eigenvalue weighted by atomic mass is 16.6. The van der Waals surface area contributed by atoms with Crippen molar-refractivity contribution in [1.29, 1.82) is 0 Å². The maximum Gasteiger partial charge on any atom is 0.341 e. The summed E-state index contributed by atoms with van der Waals surface area (Å²) in [6.07, 6.45) is 6.44. The Bertz CT molecular complexity index is 1230. The van der Waals surface area contributed by atoms with E-state index >= 15 is 0 Å². The van der Waals surface area contributed by atoms with Crippen LogP contribution >= 0.6 is 0 Å². The molecule has 0 aliphatic carbocycles. The zero-order valence-corrected chi connectivity index (χ0v) is 20.8. The third-order valence-electron chi connectivity index (χ3n) is 7.68. The fourth-order valence-corrected chi connectivity index (χ4v) is 5.89. The van der Waals surface area contributed by atoms with E-state index in [4.69, 9.17) is 14.2 Å². The van der Waals surface area contributed by atoms with E-state index < -0.39 is 11.6 Å². The van der Waals surface area contributed by atoms with E-state index in [9.17, 15) is 4.79 Å². The van der Waals surface area contributed by atoms with Gasteiger partial charge in [0.1, 0.15) is 17.2 Å². The molecule has 3 aromatic rings. The van der Waals surface area contributed by atoms with Crippen LogP contribution in [0.25, 0.3) is 0 Å². The van der Waals surface area contributed by atoms with Gasteiger partial charge in [-0.2, -0.15) is 0 Å². The fraction of sp³-hybridized carbons (Fsp3) is 0.379. The maximum atomic E-state index is 13.2. The van der Waals surface area contributed by atoms with Crippen LogP contribution < -0.4 is 19.3 Å². The molecule has 36 heavy (non-hydrogen) atoms. The lowest BCUT2D eigenvalue weighted by atomic mass is 9.81. The summed E-state index contributed by atoms with van der Waals surface area (Å²) < 4.78 is 18.2. The summed E-state index contributed by atoms with van der Waals surface area (Å²) in [5.41, 5.74) is 3.37. The minimum Gasteiger partial charge on any atom is -0.496 e. The van der Waals surface area contributed by atoms with Crippen molar-refractivity contribution in [3.8, 4) is 11.5 Å². The van der Waals surface area contributed by atoms with Crippen LogP contribution in [0.2, 0.25) is 0 Å². The van der Waals surface area contributed by atoms with E-state index in [1.165, 1.54) is 25.7 Å². The zero-order valence-electron chi connectivity index (χ0n) is 20.8. The number of benzene rings is 2. The second kappa shape index (κ2) is 9.04. The molecule has 0 N–H and O–H groups in total. The van der Waals surface area contributed by atoms with E-state index in [2.05, 4.69) is 26.9 Å². The lowest BCUT2D eigenvalue weighted by Crippen LogP contribution is -2.32.